The zero-order chi connectivity index (χ0) is 19.3. The molecule has 1 amide bonds. The van der Waals surface area contributed by atoms with Crippen LogP contribution < -0.4 is 5.48 Å². The van der Waals surface area contributed by atoms with Crippen LogP contribution >= 0.6 is 0 Å². The minimum Gasteiger partial charge on any atom is -0.302 e. The number of hydrogen-bond acceptors (Lipinski definition) is 4. The lowest BCUT2D eigenvalue weighted by molar-refractivity contribution is -0.124. The molecule has 0 aliphatic carbocycles. The van der Waals surface area contributed by atoms with Gasteiger partial charge in [-0.05, 0) is 43.8 Å². The first-order valence-electron chi connectivity index (χ1n) is 9.08. The Morgan fingerprint density at radius 2 is 2.15 bits per heavy atom. The van der Waals surface area contributed by atoms with Crippen molar-refractivity contribution in [3.8, 4) is 0 Å². The van der Waals surface area contributed by atoms with Crippen molar-refractivity contribution >= 4 is 17.6 Å². The van der Waals surface area contributed by atoms with E-state index < -0.39 is 5.91 Å². The molecule has 142 valence electrons. The molecule has 0 atom stereocenters. The average molecular weight is 358 g/mol. The maximum absolute atomic E-state index is 11.2. The molecule has 0 aromatic carbocycles. The number of imidazole rings is 1. The SMILES string of the molecule is CCCCN(C)Cc1c(C(C)(C)C)nc2cc(/C=C/C(=O)NO)ccn12. The fourth-order valence-electron chi connectivity index (χ4n) is 2.94. The number of carbonyl (C=O) groups excluding carboxylic acids is 1. The van der Waals surface area contributed by atoms with Crippen LogP contribution in [0.1, 0.15) is 57.5 Å². The van der Waals surface area contributed by atoms with E-state index in [4.69, 9.17) is 10.2 Å². The third kappa shape index (κ3) is 4.93. The monoisotopic (exact) mass is 358 g/mol. The molecule has 0 fully saturated rings. The highest BCUT2D eigenvalue weighted by Gasteiger charge is 2.24. The van der Waals surface area contributed by atoms with Crippen LogP contribution in [0.15, 0.2) is 24.4 Å². The molecule has 0 bridgehead atoms. The Hall–Kier alpha value is -2.18. The lowest BCUT2D eigenvalue weighted by Gasteiger charge is -2.21. The lowest BCUT2D eigenvalue weighted by atomic mass is 9.90. The number of unbranched alkanes of at least 4 members (excludes halogenated alkanes) is 1. The summed E-state index contributed by atoms with van der Waals surface area (Å²) < 4.78 is 2.13. The molecule has 2 rings (SSSR count). The molecule has 2 aromatic heterocycles. The molecule has 0 unspecified atom stereocenters. The molecular formula is C20H30N4O2. The van der Waals surface area contributed by atoms with E-state index in [0.29, 0.717) is 0 Å². The van der Waals surface area contributed by atoms with Crippen LogP contribution in [0.2, 0.25) is 0 Å². The van der Waals surface area contributed by atoms with E-state index in [1.807, 2.05) is 18.3 Å². The summed E-state index contributed by atoms with van der Waals surface area (Å²) in [6.07, 6.45) is 7.31. The van der Waals surface area contributed by atoms with E-state index in [0.717, 1.165) is 30.0 Å². The number of pyridine rings is 1. The lowest BCUT2D eigenvalue weighted by Crippen LogP contribution is -2.23. The van der Waals surface area contributed by atoms with Crippen LogP contribution in [0.4, 0.5) is 0 Å². The van der Waals surface area contributed by atoms with E-state index in [9.17, 15) is 4.79 Å². The fourth-order valence-corrected chi connectivity index (χ4v) is 2.94. The zero-order valence-electron chi connectivity index (χ0n) is 16.4. The summed E-state index contributed by atoms with van der Waals surface area (Å²) in [7, 11) is 2.14. The third-order valence-corrected chi connectivity index (χ3v) is 4.31. The number of amides is 1. The zero-order valence-corrected chi connectivity index (χ0v) is 16.4. The Morgan fingerprint density at radius 3 is 2.77 bits per heavy atom. The van der Waals surface area contributed by atoms with Crippen LogP contribution in [0.3, 0.4) is 0 Å². The van der Waals surface area contributed by atoms with Crippen LogP contribution in [0, 0.1) is 0 Å². The normalized spacial score (nSPS) is 12.4. The molecule has 0 spiro atoms. The molecule has 6 nitrogen and oxygen atoms in total. The third-order valence-electron chi connectivity index (χ3n) is 4.31. The van der Waals surface area contributed by atoms with Gasteiger partial charge >= 0.3 is 0 Å². The molecule has 2 heterocycles. The van der Waals surface area contributed by atoms with Crippen molar-refractivity contribution < 1.29 is 10.0 Å². The van der Waals surface area contributed by atoms with E-state index in [2.05, 4.69) is 44.0 Å². The first kappa shape index (κ1) is 20.1. The predicted molar refractivity (Wildman–Crippen MR) is 104 cm³/mol. The van der Waals surface area contributed by atoms with Crippen molar-refractivity contribution in [1.82, 2.24) is 19.8 Å². The summed E-state index contributed by atoms with van der Waals surface area (Å²) in [5.41, 5.74) is 5.55. The molecule has 26 heavy (non-hydrogen) atoms. The first-order valence-corrected chi connectivity index (χ1v) is 9.08. The van der Waals surface area contributed by atoms with Crippen molar-refractivity contribution in [2.45, 2.75) is 52.5 Å². The van der Waals surface area contributed by atoms with Crippen LogP contribution in [0.25, 0.3) is 11.7 Å². The minimum absolute atomic E-state index is 0.0558. The molecular weight excluding hydrogens is 328 g/mol. The average Bonchev–Trinajstić information content (AvgIpc) is 2.95. The Labute approximate surface area is 155 Å². The van der Waals surface area contributed by atoms with Crippen LogP contribution in [-0.4, -0.2) is 39.0 Å². The van der Waals surface area contributed by atoms with Gasteiger partial charge in [-0.25, -0.2) is 10.5 Å². The van der Waals surface area contributed by atoms with Gasteiger partial charge in [0.25, 0.3) is 5.91 Å². The Morgan fingerprint density at radius 1 is 1.42 bits per heavy atom. The highest BCUT2D eigenvalue weighted by molar-refractivity contribution is 5.90. The second-order valence-electron chi connectivity index (χ2n) is 7.75. The number of nitrogens with one attached hydrogen (secondary N) is 1. The summed E-state index contributed by atoms with van der Waals surface area (Å²) in [5, 5.41) is 8.59. The number of carbonyl (C=O) groups is 1. The number of hydrogen-bond donors (Lipinski definition) is 2. The second kappa shape index (κ2) is 8.47. The number of rotatable bonds is 7. The summed E-state index contributed by atoms with van der Waals surface area (Å²) >= 11 is 0. The molecule has 0 saturated carbocycles. The van der Waals surface area contributed by atoms with Gasteiger partial charge in [0.2, 0.25) is 0 Å². The van der Waals surface area contributed by atoms with Crippen molar-refractivity contribution in [2.75, 3.05) is 13.6 Å². The van der Waals surface area contributed by atoms with Gasteiger partial charge < -0.3 is 9.30 Å². The summed E-state index contributed by atoms with van der Waals surface area (Å²) in [6.45, 7) is 10.6. The van der Waals surface area contributed by atoms with Crippen LogP contribution in [-0.2, 0) is 16.8 Å². The van der Waals surface area contributed by atoms with Gasteiger partial charge in [-0.15, -0.1) is 0 Å². The Kier molecular flexibility index (Phi) is 6.56. The van der Waals surface area contributed by atoms with Gasteiger partial charge in [0.15, 0.2) is 0 Å². The van der Waals surface area contributed by atoms with Gasteiger partial charge in [0, 0.05) is 24.2 Å². The molecule has 0 radical (unpaired) electrons. The smallest absolute Gasteiger partial charge is 0.267 e. The highest BCUT2D eigenvalue weighted by Crippen LogP contribution is 2.27. The van der Waals surface area contributed by atoms with Gasteiger partial charge in [-0.1, -0.05) is 34.1 Å². The van der Waals surface area contributed by atoms with Gasteiger partial charge in [0.05, 0.1) is 11.4 Å². The van der Waals surface area contributed by atoms with Gasteiger partial charge in [0.1, 0.15) is 5.65 Å². The molecule has 6 heteroatoms. The fraction of sp³-hybridized carbons (Fsp3) is 0.500. The first-order chi connectivity index (χ1) is 12.3. The number of nitrogens with zero attached hydrogens (tertiary/aromatic N) is 3. The van der Waals surface area contributed by atoms with Crippen molar-refractivity contribution in [3.63, 3.8) is 0 Å². The molecule has 2 N–H and O–H groups in total. The van der Waals surface area contributed by atoms with E-state index in [1.165, 1.54) is 24.6 Å². The summed E-state index contributed by atoms with van der Waals surface area (Å²) in [4.78, 5) is 18.4. The quantitative estimate of drug-likeness (QED) is 0.452. The molecule has 0 saturated heterocycles. The number of aromatic nitrogens is 2. The number of fused-ring (bicyclic) bond motifs is 1. The topological polar surface area (TPSA) is 69.9 Å². The highest BCUT2D eigenvalue weighted by atomic mass is 16.5. The molecule has 2 aromatic rings. The van der Waals surface area contributed by atoms with Gasteiger partial charge in [-0.3, -0.25) is 10.0 Å². The Balaban J connectivity index is 2.42. The number of hydroxylamine groups is 1. The second-order valence-corrected chi connectivity index (χ2v) is 7.75. The van der Waals surface area contributed by atoms with E-state index >= 15 is 0 Å². The standard InChI is InChI=1S/C20H30N4O2/c1-6-7-11-23(5)14-16-19(20(2,3)4)21-17-13-15(10-12-24(16)17)8-9-18(25)22-26/h8-10,12-13,26H,6-7,11,14H2,1-5H3,(H,22,25)/b9-8+. The Bertz CT molecular complexity index is 787. The maximum Gasteiger partial charge on any atom is 0.267 e. The van der Waals surface area contributed by atoms with Gasteiger partial charge in [-0.2, -0.15) is 0 Å². The van der Waals surface area contributed by atoms with Crippen molar-refractivity contribution in [3.05, 3.63) is 41.4 Å². The van der Waals surface area contributed by atoms with Crippen LogP contribution in [0.5, 0.6) is 0 Å². The minimum atomic E-state index is -0.554. The van der Waals surface area contributed by atoms with Crippen molar-refractivity contribution in [1.29, 1.82) is 0 Å². The maximum atomic E-state index is 11.2. The summed E-state index contributed by atoms with van der Waals surface area (Å²) in [5.74, 6) is -0.554. The predicted octanol–water partition coefficient (Wildman–Crippen LogP) is 3.38. The molecule has 0 aliphatic heterocycles. The van der Waals surface area contributed by atoms with E-state index in [-0.39, 0.29) is 5.41 Å². The molecule has 0 aliphatic rings. The van der Waals surface area contributed by atoms with E-state index in [1.54, 1.807) is 11.6 Å². The largest absolute Gasteiger partial charge is 0.302 e. The van der Waals surface area contributed by atoms with Crippen molar-refractivity contribution in [2.24, 2.45) is 0 Å². The summed E-state index contributed by atoms with van der Waals surface area (Å²) in [6, 6.07) is 3.89.